The molecule has 1 aromatic carbocycles. The Balaban J connectivity index is 2.06. The number of benzene rings is 1. The second kappa shape index (κ2) is 8.62. The van der Waals surface area contributed by atoms with Crippen molar-refractivity contribution in [1.29, 1.82) is 0 Å². The summed E-state index contributed by atoms with van der Waals surface area (Å²) >= 11 is 5.83. The van der Waals surface area contributed by atoms with Crippen molar-refractivity contribution in [3.8, 4) is 22.7 Å². The lowest BCUT2D eigenvalue weighted by molar-refractivity contribution is 0.0938. The van der Waals surface area contributed by atoms with Crippen LogP contribution in [-0.2, 0) is 6.54 Å². The summed E-state index contributed by atoms with van der Waals surface area (Å²) in [5.41, 5.74) is 0.509. The van der Waals surface area contributed by atoms with Crippen molar-refractivity contribution in [3.05, 3.63) is 52.3 Å². The molecule has 0 spiro atoms. The lowest BCUT2D eigenvalue weighted by Crippen LogP contribution is -2.30. The topological polar surface area (TPSA) is 96.2 Å². The highest BCUT2D eigenvalue weighted by atomic mass is 35.5. The zero-order valence-corrected chi connectivity index (χ0v) is 17.0. The lowest BCUT2D eigenvalue weighted by atomic mass is 10.1. The van der Waals surface area contributed by atoms with E-state index < -0.39 is 11.4 Å². The molecule has 0 fully saturated rings. The number of H-pyrrole nitrogens is 1. The molecule has 0 unspecified atom stereocenters. The standard InChI is InChI=1S/C19H21ClFN5O3/c1-11(2)23-18(27)14-10-22-17(24-14)16-15(12-4-6-13(21)7-5-12)19(28)26(29-16)9-8-25(3)20/h4-7,10-11H,8-9H2,1-3H3,(H,22,24)(H,23,27). The molecule has 0 bridgehead atoms. The Morgan fingerprint density at radius 2 is 2.07 bits per heavy atom. The maximum absolute atomic E-state index is 13.3. The minimum atomic E-state index is -0.423. The van der Waals surface area contributed by atoms with Gasteiger partial charge in [-0.2, -0.15) is 4.74 Å². The van der Waals surface area contributed by atoms with Crippen LogP contribution >= 0.6 is 11.8 Å². The molecule has 2 aromatic heterocycles. The Bertz CT molecular complexity index is 1050. The van der Waals surface area contributed by atoms with Crippen LogP contribution in [0.4, 0.5) is 4.39 Å². The maximum atomic E-state index is 13.3. The van der Waals surface area contributed by atoms with Gasteiger partial charge in [0.25, 0.3) is 11.5 Å². The van der Waals surface area contributed by atoms with Gasteiger partial charge < -0.3 is 14.8 Å². The Morgan fingerprint density at radius 1 is 1.38 bits per heavy atom. The summed E-state index contributed by atoms with van der Waals surface area (Å²) in [4.78, 5) is 32.2. The van der Waals surface area contributed by atoms with Crippen molar-refractivity contribution in [1.82, 2.24) is 24.4 Å². The van der Waals surface area contributed by atoms with Gasteiger partial charge in [0.05, 0.1) is 18.3 Å². The number of amides is 1. The van der Waals surface area contributed by atoms with Gasteiger partial charge in [0, 0.05) is 19.6 Å². The summed E-state index contributed by atoms with van der Waals surface area (Å²) in [5, 5.41) is 2.76. The number of aromatic nitrogens is 3. The Hall–Kier alpha value is -2.91. The Labute approximate surface area is 171 Å². The van der Waals surface area contributed by atoms with Gasteiger partial charge in [-0.15, -0.1) is 0 Å². The SMILES string of the molecule is CC(C)NC(=O)c1cnc(-c2on(CCN(C)Cl)c(=O)c2-c2ccc(F)cc2)[nH]1. The molecule has 3 aromatic rings. The second-order valence-electron chi connectivity index (χ2n) is 6.81. The minimum Gasteiger partial charge on any atom is -0.372 e. The molecule has 10 heteroatoms. The molecule has 8 nitrogen and oxygen atoms in total. The molecule has 0 atom stereocenters. The third-order valence-electron chi connectivity index (χ3n) is 4.07. The summed E-state index contributed by atoms with van der Waals surface area (Å²) in [7, 11) is 1.66. The smallest absolute Gasteiger partial charge is 0.291 e. The average Bonchev–Trinajstić information content (AvgIpc) is 3.25. The molecular weight excluding hydrogens is 401 g/mol. The van der Waals surface area contributed by atoms with Crippen LogP contribution in [0.1, 0.15) is 24.3 Å². The van der Waals surface area contributed by atoms with Crippen molar-refractivity contribution >= 4 is 17.7 Å². The van der Waals surface area contributed by atoms with Gasteiger partial charge in [0.1, 0.15) is 11.5 Å². The van der Waals surface area contributed by atoms with E-state index in [1.54, 1.807) is 7.05 Å². The number of nitrogens with zero attached hydrogens (tertiary/aromatic N) is 3. The highest BCUT2D eigenvalue weighted by molar-refractivity contribution is 6.13. The number of likely N-dealkylation sites (N-methyl/N-ethyl adjacent to an activating group) is 1. The minimum absolute atomic E-state index is 0.0458. The van der Waals surface area contributed by atoms with Crippen molar-refractivity contribution in [2.45, 2.75) is 26.4 Å². The first-order valence-electron chi connectivity index (χ1n) is 8.99. The van der Waals surface area contributed by atoms with Gasteiger partial charge >= 0.3 is 0 Å². The number of rotatable bonds is 7. The number of aromatic amines is 1. The monoisotopic (exact) mass is 421 g/mol. The van der Waals surface area contributed by atoms with Crippen molar-refractivity contribution in [3.63, 3.8) is 0 Å². The number of hydrogen-bond donors (Lipinski definition) is 2. The van der Waals surface area contributed by atoms with Gasteiger partial charge in [0.2, 0.25) is 5.76 Å². The molecule has 3 rings (SSSR count). The first-order valence-corrected chi connectivity index (χ1v) is 9.33. The lowest BCUT2D eigenvalue weighted by Gasteiger charge is -2.05. The number of halogens is 2. The van der Waals surface area contributed by atoms with Crippen LogP contribution in [0.2, 0.25) is 0 Å². The molecule has 154 valence electrons. The summed E-state index contributed by atoms with van der Waals surface area (Å²) < 4.78 is 21.6. The molecule has 0 aliphatic rings. The highest BCUT2D eigenvalue weighted by Gasteiger charge is 2.24. The van der Waals surface area contributed by atoms with Gasteiger partial charge in [0.15, 0.2) is 5.82 Å². The maximum Gasteiger partial charge on any atom is 0.291 e. The number of hydrogen-bond acceptors (Lipinski definition) is 5. The molecular formula is C19H21ClFN5O3. The summed E-state index contributed by atoms with van der Waals surface area (Å²) in [6, 6.07) is 5.44. The van der Waals surface area contributed by atoms with Crippen LogP contribution in [0.3, 0.4) is 0 Å². The van der Waals surface area contributed by atoms with Gasteiger partial charge in [-0.1, -0.05) is 12.1 Å². The number of carbonyl (C=O) groups is 1. The number of nitrogens with one attached hydrogen (secondary N) is 2. The zero-order chi connectivity index (χ0) is 21.1. The quantitative estimate of drug-likeness (QED) is 0.572. The average molecular weight is 422 g/mol. The van der Waals surface area contributed by atoms with E-state index >= 15 is 0 Å². The Morgan fingerprint density at radius 3 is 2.69 bits per heavy atom. The fourth-order valence-corrected chi connectivity index (χ4v) is 2.80. The zero-order valence-electron chi connectivity index (χ0n) is 16.2. The summed E-state index contributed by atoms with van der Waals surface area (Å²) in [6.07, 6.45) is 1.37. The van der Waals surface area contributed by atoms with E-state index in [1.807, 2.05) is 13.8 Å². The molecule has 2 heterocycles. The van der Waals surface area contributed by atoms with Crippen LogP contribution in [0.25, 0.3) is 22.7 Å². The van der Waals surface area contributed by atoms with Crippen molar-refractivity contribution < 1.29 is 13.7 Å². The number of carbonyl (C=O) groups excluding carboxylic acids is 1. The molecule has 0 radical (unpaired) electrons. The van der Waals surface area contributed by atoms with Crippen LogP contribution in [-0.4, -0.2) is 44.7 Å². The van der Waals surface area contributed by atoms with E-state index in [1.165, 1.54) is 34.9 Å². The normalized spacial score (nSPS) is 11.4. The molecule has 1 amide bonds. The fraction of sp³-hybridized carbons (Fsp3) is 0.316. The molecule has 0 saturated heterocycles. The highest BCUT2D eigenvalue weighted by Crippen LogP contribution is 2.28. The molecule has 0 aliphatic heterocycles. The molecule has 29 heavy (non-hydrogen) atoms. The summed E-state index contributed by atoms with van der Waals surface area (Å²) in [6.45, 7) is 4.25. The van der Waals surface area contributed by atoms with Gasteiger partial charge in [-0.05, 0) is 43.3 Å². The summed E-state index contributed by atoms with van der Waals surface area (Å²) in [5.74, 6) is -0.378. The van der Waals surface area contributed by atoms with E-state index in [2.05, 4.69) is 15.3 Å². The fourth-order valence-electron chi connectivity index (χ4n) is 2.72. The van der Waals surface area contributed by atoms with E-state index in [0.717, 1.165) is 4.74 Å². The predicted octanol–water partition coefficient (Wildman–Crippen LogP) is 2.86. The molecule has 2 N–H and O–H groups in total. The van der Waals surface area contributed by atoms with Crippen LogP contribution in [0.5, 0.6) is 0 Å². The van der Waals surface area contributed by atoms with E-state index in [0.29, 0.717) is 12.1 Å². The number of imidazole rings is 1. The van der Waals surface area contributed by atoms with Crippen molar-refractivity contribution in [2.24, 2.45) is 0 Å². The third kappa shape index (κ3) is 4.75. The molecule has 0 aliphatic carbocycles. The predicted molar refractivity (Wildman–Crippen MR) is 107 cm³/mol. The van der Waals surface area contributed by atoms with Gasteiger partial charge in [-0.25, -0.2) is 13.8 Å². The van der Waals surface area contributed by atoms with Crippen LogP contribution in [0.15, 0.2) is 39.8 Å². The van der Waals surface area contributed by atoms with Crippen LogP contribution in [0, 0.1) is 5.82 Å². The third-order valence-corrected chi connectivity index (χ3v) is 4.24. The van der Waals surface area contributed by atoms with Crippen molar-refractivity contribution in [2.75, 3.05) is 13.6 Å². The first-order chi connectivity index (χ1) is 13.8. The molecule has 0 saturated carbocycles. The van der Waals surface area contributed by atoms with Gasteiger partial charge in [-0.3, -0.25) is 9.59 Å². The largest absolute Gasteiger partial charge is 0.372 e. The Kier molecular flexibility index (Phi) is 6.19. The van der Waals surface area contributed by atoms with E-state index in [9.17, 15) is 14.0 Å². The van der Waals surface area contributed by atoms with Crippen LogP contribution < -0.4 is 10.9 Å². The van der Waals surface area contributed by atoms with E-state index in [-0.39, 0.29) is 41.3 Å². The van der Waals surface area contributed by atoms with E-state index in [4.69, 9.17) is 16.3 Å². The second-order valence-corrected chi connectivity index (χ2v) is 7.39. The first kappa shape index (κ1) is 20.8.